The van der Waals surface area contributed by atoms with Crippen LogP contribution in [0.25, 0.3) is 0 Å². The molecule has 0 unspecified atom stereocenters. The molecular formula is C13H24FN3O3SSi. The number of primary sulfonamides is 1. The molecule has 0 radical (unpaired) electrons. The SMILES string of the molecule is C[C@H]([C@H](O[Si](C)(C)C(C)(C)C)c1ncc(F)cn1)S(N)(=O)=O. The summed E-state index contributed by atoms with van der Waals surface area (Å²) in [6.07, 6.45) is 1.04. The zero-order chi connectivity index (χ0) is 17.3. The van der Waals surface area contributed by atoms with Crippen LogP contribution in [0, 0.1) is 5.82 Å². The second kappa shape index (κ2) is 6.30. The lowest BCUT2D eigenvalue weighted by Crippen LogP contribution is -2.46. The highest BCUT2D eigenvalue weighted by Crippen LogP contribution is 2.40. The Bertz CT molecular complexity index is 614. The largest absolute Gasteiger partial charge is 0.405 e. The van der Waals surface area contributed by atoms with E-state index in [1.54, 1.807) is 0 Å². The molecule has 9 heteroatoms. The zero-order valence-corrected chi connectivity index (χ0v) is 15.6. The second-order valence-electron chi connectivity index (χ2n) is 6.85. The van der Waals surface area contributed by atoms with Gasteiger partial charge in [0.2, 0.25) is 10.0 Å². The number of aromatic nitrogens is 2. The highest BCUT2D eigenvalue weighted by Gasteiger charge is 2.43. The smallest absolute Gasteiger partial charge is 0.214 e. The minimum atomic E-state index is -3.85. The first-order valence-electron chi connectivity index (χ1n) is 6.92. The van der Waals surface area contributed by atoms with Crippen molar-refractivity contribution in [3.05, 3.63) is 24.0 Å². The molecule has 0 aliphatic heterocycles. The first-order chi connectivity index (χ1) is 9.75. The number of hydrogen-bond acceptors (Lipinski definition) is 5. The molecule has 1 rings (SSSR count). The Balaban J connectivity index is 3.27. The molecule has 0 aliphatic carbocycles. The van der Waals surface area contributed by atoms with Gasteiger partial charge >= 0.3 is 0 Å². The maximum Gasteiger partial charge on any atom is 0.214 e. The van der Waals surface area contributed by atoms with Gasteiger partial charge in [-0.3, -0.25) is 0 Å². The summed E-state index contributed by atoms with van der Waals surface area (Å²) in [6, 6.07) is 0. The summed E-state index contributed by atoms with van der Waals surface area (Å²) in [5.74, 6) is -0.481. The van der Waals surface area contributed by atoms with Crippen LogP contribution in [0.5, 0.6) is 0 Å². The van der Waals surface area contributed by atoms with E-state index in [4.69, 9.17) is 9.56 Å². The van der Waals surface area contributed by atoms with Crippen molar-refractivity contribution in [1.29, 1.82) is 0 Å². The van der Waals surface area contributed by atoms with E-state index in [9.17, 15) is 12.8 Å². The summed E-state index contributed by atoms with van der Waals surface area (Å²) < 4.78 is 42.6. The van der Waals surface area contributed by atoms with Crippen LogP contribution in [0.1, 0.15) is 39.6 Å². The summed E-state index contributed by atoms with van der Waals surface area (Å²) in [5, 5.41) is 4.08. The van der Waals surface area contributed by atoms with E-state index in [1.807, 2.05) is 33.9 Å². The van der Waals surface area contributed by atoms with Crippen LogP contribution in [0.4, 0.5) is 4.39 Å². The average Bonchev–Trinajstić information content (AvgIpc) is 2.34. The van der Waals surface area contributed by atoms with Gasteiger partial charge in [0.15, 0.2) is 20.0 Å². The summed E-state index contributed by atoms with van der Waals surface area (Å²) in [4.78, 5) is 7.74. The van der Waals surface area contributed by atoms with Crippen molar-refractivity contribution < 1.29 is 17.2 Å². The minimum Gasteiger partial charge on any atom is -0.405 e. The Morgan fingerprint density at radius 2 is 1.73 bits per heavy atom. The maximum absolute atomic E-state index is 13.0. The van der Waals surface area contributed by atoms with Crippen LogP contribution in [0.15, 0.2) is 12.4 Å². The lowest BCUT2D eigenvalue weighted by molar-refractivity contribution is 0.172. The van der Waals surface area contributed by atoms with E-state index in [0.29, 0.717) is 0 Å². The van der Waals surface area contributed by atoms with E-state index in [0.717, 1.165) is 12.4 Å². The lowest BCUT2D eigenvalue weighted by atomic mass is 10.2. The average molecular weight is 350 g/mol. The molecule has 0 amide bonds. The summed E-state index contributed by atoms with van der Waals surface area (Å²) >= 11 is 0. The third kappa shape index (κ3) is 4.54. The van der Waals surface area contributed by atoms with Crippen LogP contribution in [-0.4, -0.2) is 32.0 Å². The predicted molar refractivity (Wildman–Crippen MR) is 85.6 cm³/mol. The molecular weight excluding hydrogens is 325 g/mol. The quantitative estimate of drug-likeness (QED) is 0.823. The number of hydrogen-bond donors (Lipinski definition) is 1. The van der Waals surface area contributed by atoms with Crippen LogP contribution in [0.3, 0.4) is 0 Å². The van der Waals surface area contributed by atoms with Gasteiger partial charge in [-0.15, -0.1) is 0 Å². The fraction of sp³-hybridized carbons (Fsp3) is 0.692. The van der Waals surface area contributed by atoms with Crippen molar-refractivity contribution in [2.45, 2.75) is 57.2 Å². The highest BCUT2D eigenvalue weighted by molar-refractivity contribution is 7.89. The summed E-state index contributed by atoms with van der Waals surface area (Å²) in [6.45, 7) is 11.5. The molecule has 0 fully saturated rings. The molecule has 126 valence electrons. The standard InChI is InChI=1S/C13H24FN3O3SSi/c1-9(21(15,18)19)11(12-16-7-10(14)8-17-12)20-22(5,6)13(2,3)4/h7-9,11H,1-6H3,(H2,15,18,19)/t9-,11+/m1/s1. The molecule has 2 atom stereocenters. The first kappa shape index (κ1) is 19.1. The van der Waals surface area contributed by atoms with Crippen LogP contribution in [-0.2, 0) is 14.4 Å². The monoisotopic (exact) mass is 349 g/mol. The van der Waals surface area contributed by atoms with E-state index >= 15 is 0 Å². The number of nitrogens with zero attached hydrogens (tertiary/aromatic N) is 2. The topological polar surface area (TPSA) is 95.2 Å². The third-order valence-corrected chi connectivity index (χ3v) is 9.81. The van der Waals surface area contributed by atoms with E-state index in [1.165, 1.54) is 6.92 Å². The van der Waals surface area contributed by atoms with Gasteiger partial charge in [0, 0.05) is 0 Å². The van der Waals surface area contributed by atoms with Crippen molar-refractivity contribution in [3.8, 4) is 0 Å². The van der Waals surface area contributed by atoms with Crippen molar-refractivity contribution >= 4 is 18.3 Å². The highest BCUT2D eigenvalue weighted by atomic mass is 32.2. The number of nitrogens with two attached hydrogens (primary N) is 1. The Morgan fingerprint density at radius 3 is 2.09 bits per heavy atom. The van der Waals surface area contributed by atoms with Crippen molar-refractivity contribution in [1.82, 2.24) is 9.97 Å². The minimum absolute atomic E-state index is 0.118. The number of halogens is 1. The second-order valence-corrected chi connectivity index (χ2v) is 13.5. The molecule has 0 spiro atoms. The molecule has 0 bridgehead atoms. The Hall–Kier alpha value is -0.903. The van der Waals surface area contributed by atoms with Gasteiger partial charge in [0.25, 0.3) is 0 Å². The van der Waals surface area contributed by atoms with Crippen molar-refractivity contribution in [2.24, 2.45) is 5.14 Å². The molecule has 1 heterocycles. The van der Waals surface area contributed by atoms with Crippen LogP contribution in [0.2, 0.25) is 18.1 Å². The first-order valence-corrected chi connectivity index (χ1v) is 11.4. The Labute approximate surface area is 132 Å². The van der Waals surface area contributed by atoms with Gasteiger partial charge in [-0.05, 0) is 25.1 Å². The molecule has 2 N–H and O–H groups in total. The molecule has 0 saturated carbocycles. The van der Waals surface area contributed by atoms with Crippen LogP contribution < -0.4 is 5.14 Å². The van der Waals surface area contributed by atoms with Gasteiger partial charge in [-0.25, -0.2) is 27.9 Å². The molecule has 1 aromatic rings. The van der Waals surface area contributed by atoms with Gasteiger partial charge in [0.1, 0.15) is 11.4 Å². The fourth-order valence-electron chi connectivity index (χ4n) is 1.49. The number of rotatable bonds is 5. The molecule has 1 aromatic heterocycles. The summed E-state index contributed by atoms with van der Waals surface area (Å²) in [5.41, 5.74) is 0. The predicted octanol–water partition coefficient (Wildman–Crippen LogP) is 2.36. The number of sulfonamides is 1. The fourth-order valence-corrected chi connectivity index (χ4v) is 3.41. The van der Waals surface area contributed by atoms with Crippen LogP contribution >= 0.6 is 0 Å². The summed E-state index contributed by atoms with van der Waals surface area (Å²) in [7, 11) is -6.15. The van der Waals surface area contributed by atoms with Gasteiger partial charge < -0.3 is 4.43 Å². The lowest BCUT2D eigenvalue weighted by Gasteiger charge is -2.39. The molecule has 0 aliphatic rings. The third-order valence-electron chi connectivity index (χ3n) is 4.07. The normalized spacial score (nSPS) is 16.4. The molecule has 0 aromatic carbocycles. The van der Waals surface area contributed by atoms with Gasteiger partial charge in [-0.2, -0.15) is 0 Å². The van der Waals surface area contributed by atoms with Gasteiger partial charge in [0.05, 0.1) is 12.4 Å². The van der Waals surface area contributed by atoms with Crippen molar-refractivity contribution in [3.63, 3.8) is 0 Å². The molecule has 22 heavy (non-hydrogen) atoms. The van der Waals surface area contributed by atoms with Gasteiger partial charge in [-0.1, -0.05) is 20.8 Å². The molecule has 6 nitrogen and oxygen atoms in total. The van der Waals surface area contributed by atoms with Crippen molar-refractivity contribution in [2.75, 3.05) is 0 Å². The Morgan fingerprint density at radius 1 is 1.27 bits per heavy atom. The van der Waals surface area contributed by atoms with E-state index in [2.05, 4.69) is 9.97 Å². The van der Waals surface area contributed by atoms with E-state index in [-0.39, 0.29) is 10.9 Å². The molecule has 0 saturated heterocycles. The Kier molecular flexibility index (Phi) is 5.49. The maximum atomic E-state index is 13.0. The van der Waals surface area contributed by atoms with E-state index < -0.39 is 35.5 Å². The zero-order valence-electron chi connectivity index (χ0n) is 13.8.